The molecule has 2 amide bonds. The fourth-order valence-electron chi connectivity index (χ4n) is 4.89. The van der Waals surface area contributed by atoms with Crippen molar-refractivity contribution in [3.63, 3.8) is 0 Å². The summed E-state index contributed by atoms with van der Waals surface area (Å²) in [5.74, 6) is 0.157. The first-order chi connectivity index (χ1) is 17.3. The predicted molar refractivity (Wildman–Crippen MR) is 144 cm³/mol. The van der Waals surface area contributed by atoms with E-state index in [1.165, 1.54) is 30.3 Å². The molecular formula is C27H35N3O4S2. The van der Waals surface area contributed by atoms with Crippen molar-refractivity contribution in [3.8, 4) is 0 Å². The fourth-order valence-corrected chi connectivity index (χ4v) is 6.56. The van der Waals surface area contributed by atoms with E-state index in [9.17, 15) is 18.0 Å². The van der Waals surface area contributed by atoms with Gasteiger partial charge in [0.15, 0.2) is 0 Å². The minimum atomic E-state index is -4.03. The SMILES string of the molecule is CSc1ccc(S(=O)(=O)Nc2ccccc2C(=O)NC2CCCCC2)cc1C(=O)N1CCC(C)CC1. The maximum Gasteiger partial charge on any atom is 0.261 e. The first-order valence-electron chi connectivity index (χ1n) is 12.7. The highest BCUT2D eigenvalue weighted by molar-refractivity contribution is 7.98. The Bertz CT molecular complexity index is 1200. The van der Waals surface area contributed by atoms with E-state index in [-0.39, 0.29) is 34.0 Å². The molecule has 1 saturated carbocycles. The van der Waals surface area contributed by atoms with Gasteiger partial charge in [-0.15, -0.1) is 11.8 Å². The van der Waals surface area contributed by atoms with Crippen LogP contribution in [0.15, 0.2) is 52.3 Å². The fraction of sp³-hybridized carbons (Fsp3) is 0.481. The van der Waals surface area contributed by atoms with E-state index in [2.05, 4.69) is 17.0 Å². The summed E-state index contributed by atoms with van der Waals surface area (Å²) in [6.45, 7) is 3.53. The van der Waals surface area contributed by atoms with Crippen LogP contribution in [0.4, 0.5) is 5.69 Å². The second-order valence-electron chi connectivity index (χ2n) is 9.80. The molecule has 9 heteroatoms. The van der Waals surface area contributed by atoms with E-state index in [1.807, 2.05) is 11.2 Å². The monoisotopic (exact) mass is 529 g/mol. The topological polar surface area (TPSA) is 95.6 Å². The molecule has 1 heterocycles. The van der Waals surface area contributed by atoms with Gasteiger partial charge in [0.05, 0.1) is 21.7 Å². The number of sulfonamides is 1. The minimum Gasteiger partial charge on any atom is -0.349 e. The molecule has 0 bridgehead atoms. The quantitative estimate of drug-likeness (QED) is 0.484. The molecule has 36 heavy (non-hydrogen) atoms. The third-order valence-corrected chi connectivity index (χ3v) is 9.30. The highest BCUT2D eigenvalue weighted by Crippen LogP contribution is 2.29. The average molecular weight is 530 g/mol. The number of thioether (sulfide) groups is 1. The van der Waals surface area contributed by atoms with Gasteiger partial charge in [-0.2, -0.15) is 0 Å². The van der Waals surface area contributed by atoms with Crippen LogP contribution in [0, 0.1) is 5.92 Å². The van der Waals surface area contributed by atoms with Crippen molar-refractivity contribution >= 4 is 39.3 Å². The predicted octanol–water partition coefficient (Wildman–Crippen LogP) is 5.14. The van der Waals surface area contributed by atoms with Crippen LogP contribution >= 0.6 is 11.8 Å². The average Bonchev–Trinajstić information content (AvgIpc) is 2.89. The van der Waals surface area contributed by atoms with Crippen LogP contribution in [0.25, 0.3) is 0 Å². The van der Waals surface area contributed by atoms with Gasteiger partial charge in [-0.25, -0.2) is 8.42 Å². The molecule has 194 valence electrons. The highest BCUT2D eigenvalue weighted by Gasteiger charge is 2.26. The van der Waals surface area contributed by atoms with Crippen molar-refractivity contribution < 1.29 is 18.0 Å². The van der Waals surface area contributed by atoms with Crippen LogP contribution in [0.5, 0.6) is 0 Å². The number of amides is 2. The number of hydrogen-bond donors (Lipinski definition) is 2. The third kappa shape index (κ3) is 6.24. The molecule has 0 unspecified atom stereocenters. The van der Waals surface area contributed by atoms with Crippen LogP contribution in [0.2, 0.25) is 0 Å². The Morgan fingerprint density at radius 3 is 2.33 bits per heavy atom. The zero-order chi connectivity index (χ0) is 25.7. The molecule has 1 aliphatic carbocycles. The van der Waals surface area contributed by atoms with Crippen LogP contribution in [-0.4, -0.2) is 50.5 Å². The van der Waals surface area contributed by atoms with Gasteiger partial charge < -0.3 is 10.2 Å². The zero-order valence-electron chi connectivity index (χ0n) is 21.0. The molecule has 2 aliphatic rings. The number of carbonyl (C=O) groups excluding carboxylic acids is 2. The molecule has 1 aliphatic heterocycles. The van der Waals surface area contributed by atoms with Crippen molar-refractivity contribution in [1.82, 2.24) is 10.2 Å². The number of carbonyl (C=O) groups is 2. The molecule has 2 fully saturated rings. The Labute approximate surface area is 218 Å². The number of para-hydroxylation sites is 1. The second-order valence-corrected chi connectivity index (χ2v) is 12.3. The number of hydrogen-bond acceptors (Lipinski definition) is 5. The van der Waals surface area contributed by atoms with Gasteiger partial charge in [-0.1, -0.05) is 38.3 Å². The number of piperidine rings is 1. The van der Waals surface area contributed by atoms with Crippen LogP contribution in [-0.2, 0) is 10.0 Å². The standard InChI is InChI=1S/C27H35N3O4S2/c1-19-14-16-30(17-15-19)27(32)23-18-21(12-13-25(23)35-2)36(33,34)29-24-11-7-6-10-22(24)26(31)28-20-8-4-3-5-9-20/h6-7,10-13,18-20,29H,3-5,8-9,14-17H2,1-2H3,(H,28,31). The van der Waals surface area contributed by atoms with Gasteiger partial charge in [-0.3, -0.25) is 14.3 Å². The number of anilines is 1. The van der Waals surface area contributed by atoms with E-state index in [0.717, 1.165) is 43.4 Å². The minimum absolute atomic E-state index is 0.00322. The van der Waals surface area contributed by atoms with E-state index in [1.54, 1.807) is 30.3 Å². The largest absolute Gasteiger partial charge is 0.349 e. The smallest absolute Gasteiger partial charge is 0.261 e. The van der Waals surface area contributed by atoms with Crippen molar-refractivity contribution in [2.24, 2.45) is 5.92 Å². The lowest BCUT2D eigenvalue weighted by atomic mass is 9.95. The Hall–Kier alpha value is -2.52. The van der Waals surface area contributed by atoms with Crippen LogP contribution in [0.3, 0.4) is 0 Å². The molecule has 7 nitrogen and oxygen atoms in total. The summed E-state index contributed by atoms with van der Waals surface area (Å²) in [6, 6.07) is 11.4. The van der Waals surface area contributed by atoms with Crippen molar-refractivity contribution in [2.75, 3.05) is 24.1 Å². The number of benzene rings is 2. The number of nitrogens with one attached hydrogen (secondary N) is 2. The molecule has 0 aromatic heterocycles. The lowest BCUT2D eigenvalue weighted by molar-refractivity contribution is 0.0693. The molecule has 1 saturated heterocycles. The lowest BCUT2D eigenvalue weighted by Crippen LogP contribution is -2.38. The van der Waals surface area contributed by atoms with E-state index < -0.39 is 10.0 Å². The Morgan fingerprint density at radius 2 is 1.64 bits per heavy atom. The van der Waals surface area contributed by atoms with E-state index >= 15 is 0 Å². The van der Waals surface area contributed by atoms with Crippen molar-refractivity contribution in [3.05, 3.63) is 53.6 Å². The van der Waals surface area contributed by atoms with Gasteiger partial charge in [0.1, 0.15) is 0 Å². The van der Waals surface area contributed by atoms with E-state index in [4.69, 9.17) is 0 Å². The Kier molecular flexibility index (Phi) is 8.62. The molecule has 0 radical (unpaired) electrons. The molecule has 2 aromatic carbocycles. The molecular weight excluding hydrogens is 494 g/mol. The van der Waals surface area contributed by atoms with Crippen molar-refractivity contribution in [2.45, 2.75) is 67.7 Å². The summed E-state index contributed by atoms with van der Waals surface area (Å²) in [4.78, 5) is 28.8. The Morgan fingerprint density at radius 1 is 0.944 bits per heavy atom. The van der Waals surface area contributed by atoms with E-state index in [0.29, 0.717) is 24.6 Å². The van der Waals surface area contributed by atoms with Gasteiger partial charge in [0.25, 0.3) is 21.8 Å². The second kappa shape index (κ2) is 11.7. The summed E-state index contributed by atoms with van der Waals surface area (Å²) in [6.07, 6.45) is 8.99. The summed E-state index contributed by atoms with van der Waals surface area (Å²) in [5.41, 5.74) is 0.895. The molecule has 2 N–H and O–H groups in total. The molecule has 0 spiro atoms. The summed E-state index contributed by atoms with van der Waals surface area (Å²) in [7, 11) is -4.03. The number of rotatable bonds is 7. The summed E-state index contributed by atoms with van der Waals surface area (Å²) >= 11 is 1.42. The van der Waals surface area contributed by atoms with Crippen molar-refractivity contribution in [1.29, 1.82) is 0 Å². The van der Waals surface area contributed by atoms with Crippen LogP contribution in [0.1, 0.15) is 72.6 Å². The zero-order valence-corrected chi connectivity index (χ0v) is 22.6. The normalized spacial score (nSPS) is 17.6. The first-order valence-corrected chi connectivity index (χ1v) is 15.4. The third-order valence-electron chi connectivity index (χ3n) is 7.14. The summed E-state index contributed by atoms with van der Waals surface area (Å²) in [5, 5.41) is 3.05. The maximum absolute atomic E-state index is 13.4. The van der Waals surface area contributed by atoms with Gasteiger partial charge in [0, 0.05) is 24.0 Å². The van der Waals surface area contributed by atoms with Gasteiger partial charge in [0.2, 0.25) is 0 Å². The first kappa shape index (κ1) is 26.5. The van der Waals surface area contributed by atoms with Crippen LogP contribution < -0.4 is 10.0 Å². The molecule has 0 atom stereocenters. The molecule has 2 aromatic rings. The number of nitrogens with zero attached hydrogens (tertiary/aromatic N) is 1. The lowest BCUT2D eigenvalue weighted by Gasteiger charge is -2.30. The van der Waals surface area contributed by atoms with Gasteiger partial charge >= 0.3 is 0 Å². The number of likely N-dealkylation sites (tertiary alicyclic amines) is 1. The Balaban J connectivity index is 1.57. The molecule has 4 rings (SSSR count). The van der Waals surface area contributed by atoms with Gasteiger partial charge in [-0.05, 0) is 68.2 Å². The maximum atomic E-state index is 13.4. The highest BCUT2D eigenvalue weighted by atomic mass is 32.2. The summed E-state index contributed by atoms with van der Waals surface area (Å²) < 4.78 is 29.4.